The van der Waals surface area contributed by atoms with E-state index in [1.807, 2.05) is 105 Å². The number of aliphatic carboxylic acids is 1. The smallest absolute Gasteiger partial charge is 0.408 e. The third-order valence-electron chi connectivity index (χ3n) is 7.17. The van der Waals surface area contributed by atoms with Crippen LogP contribution in [0.5, 0.6) is 0 Å². The molecule has 3 aromatic carbocycles. The van der Waals surface area contributed by atoms with Crippen molar-refractivity contribution < 1.29 is 33.8 Å². The Hall–Kier alpha value is -5.16. The third-order valence-corrected chi connectivity index (χ3v) is 7.17. The molecule has 0 unspecified atom stereocenters. The van der Waals surface area contributed by atoms with Gasteiger partial charge >= 0.3 is 18.0 Å². The van der Waals surface area contributed by atoms with Crippen LogP contribution in [0.2, 0.25) is 0 Å². The molecule has 2 amide bonds. The SMILES string of the molecule is CC(C)(C)OC(=O)N[C@@H](Cc1cc2ccccc2[nH]1)C(=O)O.CC(C)C[C@H](N)C(=O)N[C@@H](Cc1ccccc1)C(=O)OCc1ccccc1. The zero-order valence-electron chi connectivity index (χ0n) is 28.8. The van der Waals surface area contributed by atoms with Gasteiger partial charge in [0.15, 0.2) is 0 Å². The second-order valence-electron chi connectivity index (χ2n) is 13.2. The molecule has 1 aromatic heterocycles. The van der Waals surface area contributed by atoms with E-state index in [0.717, 1.165) is 27.7 Å². The molecule has 0 aliphatic carbocycles. The average Bonchev–Trinajstić information content (AvgIpc) is 3.45. The minimum atomic E-state index is -1.11. The number of ether oxygens (including phenoxy) is 2. The number of alkyl carbamates (subject to hydrolysis) is 1. The predicted molar refractivity (Wildman–Crippen MR) is 189 cm³/mol. The summed E-state index contributed by atoms with van der Waals surface area (Å²) in [5, 5.41) is 15.4. The fourth-order valence-corrected chi connectivity index (χ4v) is 4.88. The second kappa shape index (κ2) is 18.4. The molecular weight excluding hydrogens is 624 g/mol. The van der Waals surface area contributed by atoms with E-state index in [0.29, 0.717) is 18.8 Å². The van der Waals surface area contributed by atoms with Crippen LogP contribution < -0.4 is 16.4 Å². The van der Waals surface area contributed by atoms with Crippen molar-refractivity contribution in [3.8, 4) is 0 Å². The zero-order valence-corrected chi connectivity index (χ0v) is 28.8. The van der Waals surface area contributed by atoms with Crippen molar-refractivity contribution in [2.24, 2.45) is 11.7 Å². The summed E-state index contributed by atoms with van der Waals surface area (Å²) in [5.41, 5.74) is 8.80. The molecule has 0 aliphatic heterocycles. The molecule has 0 bridgehead atoms. The molecule has 3 atom stereocenters. The predicted octanol–water partition coefficient (Wildman–Crippen LogP) is 5.52. The van der Waals surface area contributed by atoms with Gasteiger partial charge in [-0.25, -0.2) is 14.4 Å². The van der Waals surface area contributed by atoms with Crippen LogP contribution in [0.3, 0.4) is 0 Å². The first-order valence-electron chi connectivity index (χ1n) is 16.3. The molecule has 6 N–H and O–H groups in total. The lowest BCUT2D eigenvalue weighted by Crippen LogP contribution is -2.50. The van der Waals surface area contributed by atoms with Crippen molar-refractivity contribution in [1.82, 2.24) is 15.6 Å². The number of nitrogens with one attached hydrogen (secondary N) is 3. The molecule has 0 saturated carbocycles. The number of aromatic amines is 1. The first-order chi connectivity index (χ1) is 23.2. The Labute approximate surface area is 287 Å². The van der Waals surface area contributed by atoms with Gasteiger partial charge in [-0.2, -0.15) is 0 Å². The highest BCUT2D eigenvalue weighted by Gasteiger charge is 2.26. The number of carboxylic acid groups (broad SMARTS) is 1. The van der Waals surface area contributed by atoms with Crippen LogP contribution in [0, 0.1) is 5.92 Å². The van der Waals surface area contributed by atoms with Crippen LogP contribution in [-0.2, 0) is 43.3 Å². The highest BCUT2D eigenvalue weighted by atomic mass is 16.6. The second-order valence-corrected chi connectivity index (χ2v) is 13.2. The number of para-hydroxylation sites is 1. The van der Waals surface area contributed by atoms with E-state index in [1.165, 1.54) is 0 Å². The summed E-state index contributed by atoms with van der Waals surface area (Å²) in [7, 11) is 0. The van der Waals surface area contributed by atoms with Crippen LogP contribution in [0.1, 0.15) is 57.9 Å². The minimum absolute atomic E-state index is 0.156. The largest absolute Gasteiger partial charge is 0.480 e. The Morgan fingerprint density at radius 1 is 0.816 bits per heavy atom. The summed E-state index contributed by atoms with van der Waals surface area (Å²) in [5.74, 6) is -1.61. The van der Waals surface area contributed by atoms with E-state index >= 15 is 0 Å². The Morgan fingerprint density at radius 3 is 1.98 bits per heavy atom. The molecule has 0 saturated heterocycles. The van der Waals surface area contributed by atoms with Gasteiger partial charge in [0.1, 0.15) is 24.3 Å². The first kappa shape index (κ1) is 38.3. The number of carboxylic acids is 1. The van der Waals surface area contributed by atoms with Crippen molar-refractivity contribution in [2.75, 3.05) is 0 Å². The van der Waals surface area contributed by atoms with Crippen LogP contribution in [-0.4, -0.2) is 57.8 Å². The van der Waals surface area contributed by atoms with E-state index in [-0.39, 0.29) is 18.9 Å². The summed E-state index contributed by atoms with van der Waals surface area (Å²) in [6, 6.07) is 26.0. The number of carbonyl (C=O) groups excluding carboxylic acids is 3. The molecule has 0 aliphatic rings. The van der Waals surface area contributed by atoms with Gasteiger partial charge in [0.25, 0.3) is 0 Å². The van der Waals surface area contributed by atoms with Crippen molar-refractivity contribution in [3.63, 3.8) is 0 Å². The van der Waals surface area contributed by atoms with Gasteiger partial charge in [0.05, 0.1) is 6.04 Å². The molecule has 11 heteroatoms. The fraction of sp³-hybridized carbons (Fsp3) is 0.368. The molecule has 49 heavy (non-hydrogen) atoms. The maximum atomic E-state index is 12.6. The molecular formula is C38H48N4O7. The van der Waals surface area contributed by atoms with Crippen molar-refractivity contribution in [3.05, 3.63) is 108 Å². The van der Waals surface area contributed by atoms with E-state index in [1.54, 1.807) is 20.8 Å². The number of hydrogen-bond donors (Lipinski definition) is 5. The Morgan fingerprint density at radius 2 is 1.41 bits per heavy atom. The fourth-order valence-electron chi connectivity index (χ4n) is 4.88. The van der Waals surface area contributed by atoms with Gasteiger partial charge in [-0.3, -0.25) is 4.79 Å². The number of carbonyl (C=O) groups is 4. The monoisotopic (exact) mass is 672 g/mol. The molecule has 1 heterocycles. The maximum Gasteiger partial charge on any atom is 0.408 e. The number of esters is 1. The summed E-state index contributed by atoms with van der Waals surface area (Å²) < 4.78 is 10.5. The highest BCUT2D eigenvalue weighted by molar-refractivity contribution is 5.87. The number of hydrogen-bond acceptors (Lipinski definition) is 7. The number of H-pyrrole nitrogens is 1. The quantitative estimate of drug-likeness (QED) is 0.116. The zero-order chi connectivity index (χ0) is 36.0. The van der Waals surface area contributed by atoms with E-state index in [4.69, 9.17) is 15.2 Å². The van der Waals surface area contributed by atoms with Crippen molar-refractivity contribution in [2.45, 2.75) is 84.2 Å². The molecule has 0 radical (unpaired) electrons. The lowest BCUT2D eigenvalue weighted by molar-refractivity contribution is -0.149. The number of benzene rings is 3. The number of nitrogens with two attached hydrogens (primary N) is 1. The summed E-state index contributed by atoms with van der Waals surface area (Å²) in [4.78, 5) is 51.2. The van der Waals surface area contributed by atoms with E-state index in [9.17, 15) is 24.3 Å². The number of fused-ring (bicyclic) bond motifs is 1. The van der Waals surface area contributed by atoms with Gasteiger partial charge in [0, 0.05) is 24.1 Å². The lowest BCUT2D eigenvalue weighted by atomic mass is 10.0. The molecule has 4 aromatic rings. The topological polar surface area (TPSA) is 173 Å². The average molecular weight is 673 g/mol. The van der Waals surface area contributed by atoms with Crippen molar-refractivity contribution in [1.29, 1.82) is 0 Å². The van der Waals surface area contributed by atoms with Gasteiger partial charge < -0.3 is 35.9 Å². The summed E-state index contributed by atoms with van der Waals surface area (Å²) in [6.07, 6.45) is 0.330. The minimum Gasteiger partial charge on any atom is -0.480 e. The number of rotatable bonds is 13. The van der Waals surface area contributed by atoms with Crippen LogP contribution in [0.4, 0.5) is 4.79 Å². The van der Waals surface area contributed by atoms with Gasteiger partial charge in [0.2, 0.25) is 5.91 Å². The third kappa shape index (κ3) is 13.8. The molecule has 11 nitrogen and oxygen atoms in total. The van der Waals surface area contributed by atoms with Gasteiger partial charge in [-0.15, -0.1) is 0 Å². The van der Waals surface area contributed by atoms with Crippen LogP contribution in [0.15, 0.2) is 91.0 Å². The summed E-state index contributed by atoms with van der Waals surface area (Å²) >= 11 is 0. The molecule has 0 spiro atoms. The standard InChI is InChI=1S/C22H28N2O3.C16H20N2O4/c1-16(2)13-19(23)21(25)24-20(14-17-9-5-3-6-10-17)22(26)27-15-18-11-7-4-8-12-18;1-16(2,3)22-15(21)18-13(14(19)20)9-11-8-10-6-4-5-7-12(10)17-11/h3-12,16,19-20H,13-15,23H2,1-2H3,(H,24,25);4-8,13,17H,9H2,1-3H3,(H,18,21)(H,19,20)/t19-,20-;13-/m00/s1. The molecule has 4 rings (SSSR count). The Bertz CT molecular complexity index is 1620. The highest BCUT2D eigenvalue weighted by Crippen LogP contribution is 2.16. The van der Waals surface area contributed by atoms with Crippen LogP contribution in [0.25, 0.3) is 10.9 Å². The maximum absolute atomic E-state index is 12.6. The molecule has 262 valence electrons. The number of aromatic nitrogens is 1. The van der Waals surface area contributed by atoms with Gasteiger partial charge in [-0.1, -0.05) is 92.7 Å². The van der Waals surface area contributed by atoms with Crippen LogP contribution >= 0.6 is 0 Å². The van der Waals surface area contributed by atoms with Gasteiger partial charge in [-0.05, 0) is 61.8 Å². The lowest BCUT2D eigenvalue weighted by Gasteiger charge is -2.21. The van der Waals surface area contributed by atoms with E-state index < -0.39 is 41.8 Å². The molecule has 0 fully saturated rings. The first-order valence-corrected chi connectivity index (χ1v) is 16.3. The Balaban J connectivity index is 0.000000271. The summed E-state index contributed by atoms with van der Waals surface area (Å²) in [6.45, 7) is 9.34. The number of amides is 2. The Kier molecular flexibility index (Phi) is 14.4. The van der Waals surface area contributed by atoms with Crippen molar-refractivity contribution >= 4 is 34.8 Å². The normalized spacial score (nSPS) is 13.0. The van der Waals surface area contributed by atoms with E-state index in [2.05, 4.69) is 15.6 Å².